The number of nitrogens with zero attached hydrogens (tertiary/aromatic N) is 1. The first-order valence-electron chi connectivity index (χ1n) is 5.28. The summed E-state index contributed by atoms with van der Waals surface area (Å²) in [5.74, 6) is 0.571. The van der Waals surface area contributed by atoms with Gasteiger partial charge >= 0.3 is 0 Å². The van der Waals surface area contributed by atoms with Gasteiger partial charge in [0, 0.05) is 5.56 Å². The zero-order chi connectivity index (χ0) is 11.9. The quantitative estimate of drug-likeness (QED) is 0.617. The highest BCUT2D eigenvalue weighted by molar-refractivity contribution is 7.59. The molecule has 0 bridgehead atoms. The number of hydrogen-bond donors (Lipinski definition) is 0. The molecule has 0 saturated heterocycles. The fourth-order valence-corrected chi connectivity index (χ4v) is 1.51. The summed E-state index contributed by atoms with van der Waals surface area (Å²) in [6.07, 6.45) is 5.61. The molecule has 3 heteroatoms. The molecule has 0 unspecified atom stereocenters. The van der Waals surface area contributed by atoms with Crippen LogP contribution in [0.15, 0.2) is 54.6 Å². The number of nitriles is 1. The molecule has 2 aromatic rings. The summed E-state index contributed by atoms with van der Waals surface area (Å²) < 4.78 is 4.88. The topological polar surface area (TPSA) is 33.0 Å². The predicted octanol–water partition coefficient (Wildman–Crippen LogP) is 3.83. The Hall–Kier alpha value is -2.18. The molecule has 0 saturated carbocycles. The lowest BCUT2D eigenvalue weighted by Crippen LogP contribution is -1.84. The second-order valence-electron chi connectivity index (χ2n) is 3.48. The van der Waals surface area contributed by atoms with Gasteiger partial charge in [-0.05, 0) is 11.6 Å². The van der Waals surface area contributed by atoms with Crippen LogP contribution in [-0.2, 0) is 0 Å². The van der Waals surface area contributed by atoms with Crippen LogP contribution in [0.2, 0.25) is 0 Å². The average Bonchev–Trinajstić information content (AvgIpc) is 2.39. The number of ether oxygens (including phenoxy) is 1. The minimum absolute atomic E-state index is 0. The zero-order valence-corrected chi connectivity index (χ0v) is 10.7. The van der Waals surface area contributed by atoms with E-state index in [1.807, 2.05) is 60.7 Å². The molecule has 0 aliphatic rings. The van der Waals surface area contributed by atoms with Crippen molar-refractivity contribution in [2.75, 3.05) is 0 Å². The molecule has 0 heterocycles. The lowest BCUT2D eigenvalue weighted by Gasteiger charge is -2.00. The van der Waals surface area contributed by atoms with Crippen molar-refractivity contribution in [3.8, 4) is 12.0 Å². The molecule has 2 nitrogen and oxygen atoms in total. The first-order chi connectivity index (χ1) is 8.40. The van der Waals surface area contributed by atoms with Crippen molar-refractivity contribution in [3.05, 3.63) is 65.7 Å². The van der Waals surface area contributed by atoms with Crippen LogP contribution in [0.5, 0.6) is 5.75 Å². The van der Waals surface area contributed by atoms with Crippen LogP contribution in [-0.4, -0.2) is 0 Å². The third-order valence-electron chi connectivity index (χ3n) is 2.33. The largest absolute Gasteiger partial charge is 0.387 e. The Labute approximate surface area is 114 Å². The van der Waals surface area contributed by atoms with E-state index in [1.54, 1.807) is 12.3 Å². The molecule has 0 atom stereocenters. The standard InChI is InChI=1S/C15H11NO.H2S/c16-12-17-15-9-5-4-8-14(15)11-10-13-6-2-1-3-7-13;/h1-11H;1H2. The zero-order valence-electron chi connectivity index (χ0n) is 9.71. The SMILES string of the molecule is N#COc1ccccc1C=Cc1ccccc1.S. The predicted molar refractivity (Wildman–Crippen MR) is 78.4 cm³/mol. The van der Waals surface area contributed by atoms with Crippen LogP contribution < -0.4 is 4.74 Å². The molecule has 2 aromatic carbocycles. The van der Waals surface area contributed by atoms with Gasteiger partial charge in [-0.25, -0.2) is 0 Å². The van der Waals surface area contributed by atoms with Crippen molar-refractivity contribution in [2.24, 2.45) is 0 Å². The third kappa shape index (κ3) is 3.69. The molecule has 2 rings (SSSR count). The maximum Gasteiger partial charge on any atom is 0.292 e. The fourth-order valence-electron chi connectivity index (χ4n) is 1.51. The third-order valence-corrected chi connectivity index (χ3v) is 2.33. The number of benzene rings is 2. The summed E-state index contributed by atoms with van der Waals surface area (Å²) in [6.45, 7) is 0. The first-order valence-corrected chi connectivity index (χ1v) is 5.28. The molecular formula is C15H13NOS. The van der Waals surface area contributed by atoms with Crippen molar-refractivity contribution < 1.29 is 4.74 Å². The van der Waals surface area contributed by atoms with E-state index < -0.39 is 0 Å². The second-order valence-corrected chi connectivity index (χ2v) is 3.48. The van der Waals surface area contributed by atoms with Crippen molar-refractivity contribution in [1.29, 1.82) is 5.26 Å². The molecule has 0 aliphatic carbocycles. The van der Waals surface area contributed by atoms with Gasteiger partial charge in [-0.15, -0.1) is 5.26 Å². The second kappa shape index (κ2) is 7.21. The lowest BCUT2D eigenvalue weighted by atomic mass is 10.1. The highest BCUT2D eigenvalue weighted by Crippen LogP contribution is 2.20. The normalized spacial score (nSPS) is 9.50. The Morgan fingerprint density at radius 1 is 0.889 bits per heavy atom. The number of hydrogen-bond acceptors (Lipinski definition) is 2. The van der Waals surface area contributed by atoms with Crippen molar-refractivity contribution in [1.82, 2.24) is 0 Å². The highest BCUT2D eigenvalue weighted by Gasteiger charge is 1.98. The van der Waals surface area contributed by atoms with E-state index in [1.165, 1.54) is 0 Å². The number of rotatable bonds is 3. The molecular weight excluding hydrogens is 242 g/mol. The van der Waals surface area contributed by atoms with Gasteiger partial charge in [-0.2, -0.15) is 13.5 Å². The van der Waals surface area contributed by atoms with Crippen LogP contribution in [0.1, 0.15) is 11.1 Å². The number of para-hydroxylation sites is 1. The smallest absolute Gasteiger partial charge is 0.292 e. The van der Waals surface area contributed by atoms with Gasteiger partial charge in [0.05, 0.1) is 0 Å². The van der Waals surface area contributed by atoms with E-state index >= 15 is 0 Å². The Kier molecular flexibility index (Phi) is 5.56. The van der Waals surface area contributed by atoms with Crippen molar-refractivity contribution >= 4 is 25.6 Å². The minimum Gasteiger partial charge on any atom is -0.387 e. The van der Waals surface area contributed by atoms with Crippen molar-refractivity contribution in [3.63, 3.8) is 0 Å². The van der Waals surface area contributed by atoms with Gasteiger partial charge in [0.2, 0.25) is 0 Å². The van der Waals surface area contributed by atoms with Gasteiger partial charge in [0.25, 0.3) is 6.26 Å². The Balaban J connectivity index is 0.00000162. The van der Waals surface area contributed by atoms with E-state index in [0.29, 0.717) is 5.75 Å². The molecule has 18 heavy (non-hydrogen) atoms. The van der Waals surface area contributed by atoms with Crippen LogP contribution in [0.4, 0.5) is 0 Å². The van der Waals surface area contributed by atoms with Crippen LogP contribution in [0, 0.1) is 11.5 Å². The van der Waals surface area contributed by atoms with E-state index in [9.17, 15) is 0 Å². The summed E-state index contributed by atoms with van der Waals surface area (Å²) in [5.41, 5.74) is 2.00. The molecule has 0 amide bonds. The van der Waals surface area contributed by atoms with E-state index in [0.717, 1.165) is 11.1 Å². The van der Waals surface area contributed by atoms with Gasteiger partial charge in [-0.1, -0.05) is 60.7 Å². The van der Waals surface area contributed by atoms with E-state index in [4.69, 9.17) is 10.00 Å². The average molecular weight is 255 g/mol. The highest BCUT2D eigenvalue weighted by atomic mass is 32.1. The molecule has 0 aromatic heterocycles. The van der Waals surface area contributed by atoms with Crippen LogP contribution in [0.25, 0.3) is 12.2 Å². The van der Waals surface area contributed by atoms with Gasteiger partial charge < -0.3 is 4.74 Å². The van der Waals surface area contributed by atoms with Gasteiger partial charge in [0.1, 0.15) is 5.75 Å². The Morgan fingerprint density at radius 3 is 2.28 bits per heavy atom. The molecule has 0 radical (unpaired) electrons. The maximum atomic E-state index is 8.53. The Bertz CT molecular complexity index is 558. The summed E-state index contributed by atoms with van der Waals surface area (Å²) >= 11 is 0. The summed E-state index contributed by atoms with van der Waals surface area (Å²) in [5, 5.41) is 8.53. The monoisotopic (exact) mass is 255 g/mol. The van der Waals surface area contributed by atoms with Crippen molar-refractivity contribution in [2.45, 2.75) is 0 Å². The molecule has 0 N–H and O–H groups in total. The van der Waals surface area contributed by atoms with Gasteiger partial charge in [-0.3, -0.25) is 0 Å². The first kappa shape index (κ1) is 13.9. The molecule has 0 aliphatic heterocycles. The summed E-state index contributed by atoms with van der Waals surface area (Å²) in [6, 6.07) is 17.4. The maximum absolute atomic E-state index is 8.53. The van der Waals surface area contributed by atoms with Gasteiger partial charge in [0.15, 0.2) is 0 Å². The summed E-state index contributed by atoms with van der Waals surface area (Å²) in [7, 11) is 0. The van der Waals surface area contributed by atoms with Crippen LogP contribution >= 0.6 is 13.5 Å². The summed E-state index contributed by atoms with van der Waals surface area (Å²) in [4.78, 5) is 0. The Morgan fingerprint density at radius 2 is 1.56 bits per heavy atom. The minimum atomic E-state index is 0. The molecule has 0 fully saturated rings. The van der Waals surface area contributed by atoms with E-state index in [2.05, 4.69) is 0 Å². The molecule has 90 valence electrons. The fraction of sp³-hybridized carbons (Fsp3) is 0. The molecule has 0 spiro atoms. The lowest BCUT2D eigenvalue weighted by molar-refractivity contribution is 0.506. The van der Waals surface area contributed by atoms with Crippen LogP contribution in [0.3, 0.4) is 0 Å². The van der Waals surface area contributed by atoms with E-state index in [-0.39, 0.29) is 13.5 Å².